The zero-order chi connectivity index (χ0) is 16.2. The average molecular weight is 344 g/mol. The van der Waals surface area contributed by atoms with Gasteiger partial charge in [-0.15, -0.1) is 22.7 Å². The topological polar surface area (TPSA) is 51.2 Å². The molecule has 0 unspecified atom stereocenters. The van der Waals surface area contributed by atoms with Crippen LogP contribution in [0.15, 0.2) is 41.8 Å². The van der Waals surface area contributed by atoms with E-state index in [9.17, 15) is 4.79 Å². The lowest BCUT2D eigenvalue weighted by molar-refractivity contribution is -0.115. The summed E-state index contributed by atoms with van der Waals surface area (Å²) < 4.78 is 5.11. The minimum absolute atomic E-state index is 0.0709. The van der Waals surface area contributed by atoms with E-state index in [2.05, 4.69) is 29.4 Å². The third kappa shape index (κ3) is 3.97. The highest BCUT2D eigenvalue weighted by Gasteiger charge is 2.10. The maximum Gasteiger partial charge on any atom is 0.230 e. The second-order valence-electron chi connectivity index (χ2n) is 5.02. The highest BCUT2D eigenvalue weighted by molar-refractivity contribution is 7.17. The number of hydrogen-bond donors (Lipinski definition) is 1. The van der Waals surface area contributed by atoms with Gasteiger partial charge in [-0.2, -0.15) is 0 Å². The summed E-state index contributed by atoms with van der Waals surface area (Å²) in [6.45, 7) is 2.07. The molecule has 2 aromatic heterocycles. The summed E-state index contributed by atoms with van der Waals surface area (Å²) in [6.07, 6.45) is 0.316. The van der Waals surface area contributed by atoms with E-state index in [-0.39, 0.29) is 5.91 Å². The summed E-state index contributed by atoms with van der Waals surface area (Å²) >= 11 is 3.14. The summed E-state index contributed by atoms with van der Waals surface area (Å²) in [5.41, 5.74) is 1.85. The first-order chi connectivity index (χ1) is 11.1. The van der Waals surface area contributed by atoms with Gasteiger partial charge in [-0.05, 0) is 36.8 Å². The molecule has 0 saturated heterocycles. The van der Waals surface area contributed by atoms with Crippen LogP contribution in [0.3, 0.4) is 0 Å². The number of carbonyl (C=O) groups is 1. The number of nitrogens with one attached hydrogen (secondary N) is 1. The van der Waals surface area contributed by atoms with E-state index in [1.54, 1.807) is 18.4 Å². The first-order valence-electron chi connectivity index (χ1n) is 7.09. The van der Waals surface area contributed by atoms with Gasteiger partial charge < -0.3 is 10.1 Å². The maximum atomic E-state index is 12.1. The van der Waals surface area contributed by atoms with Crippen molar-refractivity contribution in [2.45, 2.75) is 13.3 Å². The van der Waals surface area contributed by atoms with Gasteiger partial charge in [0, 0.05) is 10.3 Å². The smallest absolute Gasteiger partial charge is 0.230 e. The zero-order valence-electron chi connectivity index (χ0n) is 12.8. The Morgan fingerprint density at radius 1 is 1.22 bits per heavy atom. The van der Waals surface area contributed by atoms with Gasteiger partial charge in [-0.3, -0.25) is 4.79 Å². The molecule has 6 heteroatoms. The van der Waals surface area contributed by atoms with Crippen LogP contribution in [0.4, 0.5) is 5.13 Å². The van der Waals surface area contributed by atoms with Crippen LogP contribution < -0.4 is 10.1 Å². The summed E-state index contributed by atoms with van der Waals surface area (Å²) in [5.74, 6) is 0.711. The van der Waals surface area contributed by atoms with Crippen LogP contribution in [0.5, 0.6) is 5.75 Å². The Bertz CT molecular complexity index is 806. The quantitative estimate of drug-likeness (QED) is 0.748. The number of thiophene rings is 1. The molecule has 1 aromatic carbocycles. The summed E-state index contributed by atoms with van der Waals surface area (Å²) in [4.78, 5) is 19.0. The van der Waals surface area contributed by atoms with Gasteiger partial charge in [0.25, 0.3) is 0 Å². The SMILES string of the molecule is COc1ccc(CC(=O)Nc2nc(-c3ccc(C)s3)cs2)cc1. The molecule has 0 fully saturated rings. The minimum atomic E-state index is -0.0709. The van der Waals surface area contributed by atoms with E-state index >= 15 is 0 Å². The Morgan fingerprint density at radius 3 is 2.65 bits per heavy atom. The first-order valence-corrected chi connectivity index (χ1v) is 8.79. The number of aromatic nitrogens is 1. The minimum Gasteiger partial charge on any atom is -0.497 e. The van der Waals surface area contributed by atoms with E-state index in [0.717, 1.165) is 21.9 Å². The standard InChI is InChI=1S/C17H16N2O2S2/c1-11-3-8-15(23-11)14-10-22-17(18-14)19-16(20)9-12-4-6-13(21-2)7-5-12/h3-8,10H,9H2,1-2H3,(H,18,19,20). The van der Waals surface area contributed by atoms with Crippen LogP contribution in [-0.4, -0.2) is 18.0 Å². The number of methoxy groups -OCH3 is 1. The van der Waals surface area contributed by atoms with Crippen LogP contribution >= 0.6 is 22.7 Å². The third-order valence-corrected chi connectivity index (χ3v) is 5.05. The second kappa shape index (κ2) is 6.93. The molecule has 0 saturated carbocycles. The molecular weight excluding hydrogens is 328 g/mol. The van der Waals surface area contributed by atoms with Gasteiger partial charge in [-0.25, -0.2) is 4.98 Å². The Labute approximate surface area is 142 Å². The number of ether oxygens (including phenoxy) is 1. The molecule has 0 atom stereocenters. The summed E-state index contributed by atoms with van der Waals surface area (Å²) in [7, 11) is 1.62. The number of rotatable bonds is 5. The highest BCUT2D eigenvalue weighted by atomic mass is 32.1. The number of carbonyl (C=O) groups excluding carboxylic acids is 1. The molecule has 118 valence electrons. The van der Waals surface area contributed by atoms with Crippen LogP contribution in [0.25, 0.3) is 10.6 Å². The van der Waals surface area contributed by atoms with Crippen LogP contribution in [-0.2, 0) is 11.2 Å². The predicted molar refractivity (Wildman–Crippen MR) is 95.5 cm³/mol. The van der Waals surface area contributed by atoms with Crippen molar-refractivity contribution < 1.29 is 9.53 Å². The largest absolute Gasteiger partial charge is 0.497 e. The number of aryl methyl sites for hydroxylation is 1. The van der Waals surface area contributed by atoms with E-state index in [0.29, 0.717) is 11.6 Å². The van der Waals surface area contributed by atoms with E-state index < -0.39 is 0 Å². The lowest BCUT2D eigenvalue weighted by Crippen LogP contribution is -2.14. The fourth-order valence-electron chi connectivity index (χ4n) is 2.11. The van der Waals surface area contributed by atoms with Gasteiger partial charge in [0.05, 0.1) is 24.1 Å². The van der Waals surface area contributed by atoms with Crippen molar-refractivity contribution in [3.05, 3.63) is 52.2 Å². The number of thiazole rings is 1. The number of anilines is 1. The highest BCUT2D eigenvalue weighted by Crippen LogP contribution is 2.30. The Balaban J connectivity index is 1.62. The molecular formula is C17H16N2O2S2. The lowest BCUT2D eigenvalue weighted by Gasteiger charge is -2.03. The first kappa shape index (κ1) is 15.7. The average Bonchev–Trinajstić information content (AvgIpc) is 3.17. The number of nitrogens with zero attached hydrogens (tertiary/aromatic N) is 1. The predicted octanol–water partition coefficient (Wildman–Crippen LogP) is 4.37. The Morgan fingerprint density at radius 2 is 2.00 bits per heavy atom. The van der Waals surface area contributed by atoms with Crippen molar-refractivity contribution in [1.29, 1.82) is 0 Å². The fourth-order valence-corrected chi connectivity index (χ4v) is 3.74. The lowest BCUT2D eigenvalue weighted by atomic mass is 10.1. The number of amides is 1. The van der Waals surface area contributed by atoms with E-state index in [1.807, 2.05) is 29.6 Å². The third-order valence-electron chi connectivity index (χ3n) is 3.27. The molecule has 0 bridgehead atoms. The van der Waals surface area contributed by atoms with Crippen molar-refractivity contribution in [3.8, 4) is 16.3 Å². The molecule has 2 heterocycles. The molecule has 1 N–H and O–H groups in total. The van der Waals surface area contributed by atoms with E-state index in [1.165, 1.54) is 16.2 Å². The summed E-state index contributed by atoms with van der Waals surface area (Å²) in [5, 5.41) is 5.45. The Hall–Kier alpha value is -2.18. The van der Waals surface area contributed by atoms with Crippen molar-refractivity contribution in [3.63, 3.8) is 0 Å². The van der Waals surface area contributed by atoms with Crippen LogP contribution in [0.2, 0.25) is 0 Å². The van der Waals surface area contributed by atoms with Gasteiger partial charge in [0.2, 0.25) is 5.91 Å². The van der Waals surface area contributed by atoms with Gasteiger partial charge in [0.1, 0.15) is 5.75 Å². The second-order valence-corrected chi connectivity index (χ2v) is 7.17. The van der Waals surface area contributed by atoms with Gasteiger partial charge >= 0.3 is 0 Å². The Kier molecular flexibility index (Phi) is 4.73. The normalized spacial score (nSPS) is 10.5. The molecule has 0 aliphatic heterocycles. The molecule has 1 amide bonds. The van der Waals surface area contributed by atoms with Crippen molar-refractivity contribution in [1.82, 2.24) is 4.98 Å². The molecule has 0 radical (unpaired) electrons. The van der Waals surface area contributed by atoms with Gasteiger partial charge in [-0.1, -0.05) is 12.1 Å². The zero-order valence-corrected chi connectivity index (χ0v) is 14.5. The maximum absolute atomic E-state index is 12.1. The molecule has 4 nitrogen and oxygen atoms in total. The van der Waals surface area contributed by atoms with Crippen molar-refractivity contribution in [2.75, 3.05) is 12.4 Å². The molecule has 0 aliphatic carbocycles. The van der Waals surface area contributed by atoms with Gasteiger partial charge in [0.15, 0.2) is 5.13 Å². The van der Waals surface area contributed by atoms with Crippen molar-refractivity contribution >= 4 is 33.7 Å². The molecule has 23 heavy (non-hydrogen) atoms. The molecule has 0 aliphatic rings. The molecule has 3 rings (SSSR count). The van der Waals surface area contributed by atoms with E-state index in [4.69, 9.17) is 4.74 Å². The number of hydrogen-bond acceptors (Lipinski definition) is 5. The fraction of sp³-hybridized carbons (Fsp3) is 0.176. The monoisotopic (exact) mass is 344 g/mol. The molecule has 3 aromatic rings. The molecule has 0 spiro atoms. The van der Waals surface area contributed by atoms with Crippen LogP contribution in [0.1, 0.15) is 10.4 Å². The summed E-state index contributed by atoms with van der Waals surface area (Å²) in [6, 6.07) is 11.6. The number of benzene rings is 1. The van der Waals surface area contributed by atoms with Crippen molar-refractivity contribution in [2.24, 2.45) is 0 Å². The van der Waals surface area contributed by atoms with Crippen LogP contribution in [0, 0.1) is 6.92 Å².